The van der Waals surface area contributed by atoms with Crippen LogP contribution in [0.1, 0.15) is 74.8 Å². The number of nitrogens with one attached hydrogen (secondary N) is 1. The van der Waals surface area contributed by atoms with Crippen LogP contribution in [0.3, 0.4) is 0 Å². The van der Waals surface area contributed by atoms with Gasteiger partial charge in [-0.05, 0) is 54.2 Å². The predicted octanol–water partition coefficient (Wildman–Crippen LogP) is 6.52. The third-order valence-corrected chi connectivity index (χ3v) is 6.54. The van der Waals surface area contributed by atoms with E-state index in [1.165, 1.54) is 37.0 Å². The highest BCUT2D eigenvalue weighted by Gasteiger charge is 2.23. The molecule has 2 aromatic carbocycles. The van der Waals surface area contributed by atoms with Crippen LogP contribution >= 0.6 is 0 Å². The molecule has 0 spiro atoms. The highest BCUT2D eigenvalue weighted by molar-refractivity contribution is 5.81. The molecular weight excluding hydrogens is 449 g/mol. The summed E-state index contributed by atoms with van der Waals surface area (Å²) in [4.78, 5) is 9.45. The molecule has 1 atom stereocenters. The second-order valence-corrected chi connectivity index (χ2v) is 9.97. The van der Waals surface area contributed by atoms with Gasteiger partial charge in [0, 0.05) is 32.0 Å². The third-order valence-electron chi connectivity index (χ3n) is 6.54. The number of hydrogen-bond donors (Lipinski definition) is 1. The number of benzene rings is 2. The van der Waals surface area contributed by atoms with Crippen LogP contribution in [0, 0.1) is 30.0 Å². The van der Waals surface area contributed by atoms with E-state index in [1.54, 1.807) is 12.1 Å². The van der Waals surface area contributed by atoms with Crippen molar-refractivity contribution in [1.82, 2.24) is 15.1 Å². The van der Waals surface area contributed by atoms with E-state index in [2.05, 4.69) is 66.5 Å². The molecule has 1 heterocycles. The Balaban J connectivity index is 1.78. The molecule has 0 saturated heterocycles. The van der Waals surface area contributed by atoms with E-state index in [0.29, 0.717) is 12.5 Å². The Morgan fingerprint density at radius 3 is 2.50 bits per heavy atom. The van der Waals surface area contributed by atoms with Crippen molar-refractivity contribution in [3.63, 3.8) is 0 Å². The minimum atomic E-state index is -0.231. The van der Waals surface area contributed by atoms with E-state index < -0.39 is 0 Å². The van der Waals surface area contributed by atoms with E-state index in [1.807, 2.05) is 13.0 Å². The summed E-state index contributed by atoms with van der Waals surface area (Å²) >= 11 is 0. The number of rotatable bonds is 10. The number of guanidine groups is 1. The number of nitriles is 1. The Morgan fingerprint density at radius 1 is 1.11 bits per heavy atom. The van der Waals surface area contributed by atoms with Crippen LogP contribution in [-0.4, -0.2) is 35.4 Å². The van der Waals surface area contributed by atoms with E-state index >= 15 is 0 Å². The Labute approximate surface area is 216 Å². The number of unbranched alkanes of at least 4 members (excludes halogenated alkanes) is 2. The van der Waals surface area contributed by atoms with Crippen LogP contribution in [0.4, 0.5) is 4.39 Å². The lowest BCUT2D eigenvalue weighted by atomic mass is 9.95. The maximum Gasteiger partial charge on any atom is 0.198 e. The minimum absolute atomic E-state index is 0.231. The summed E-state index contributed by atoms with van der Waals surface area (Å²) in [5.41, 5.74) is 4.02. The van der Waals surface area contributed by atoms with Crippen molar-refractivity contribution >= 4 is 5.96 Å². The number of nitrogens with zero attached hydrogens (tertiary/aromatic N) is 4. The van der Waals surface area contributed by atoms with Crippen molar-refractivity contribution < 1.29 is 4.39 Å². The molecule has 1 aliphatic rings. The van der Waals surface area contributed by atoms with Gasteiger partial charge in [0.2, 0.25) is 0 Å². The number of halogens is 1. The first-order chi connectivity index (χ1) is 17.4. The number of hydrogen-bond acceptors (Lipinski definition) is 3. The molecule has 1 unspecified atom stereocenters. The van der Waals surface area contributed by atoms with Crippen LogP contribution in [-0.2, 0) is 6.54 Å². The second-order valence-electron chi connectivity index (χ2n) is 9.97. The number of aryl methyl sites for hydroxylation is 1. The monoisotopic (exact) mass is 489 g/mol. The van der Waals surface area contributed by atoms with E-state index in [4.69, 9.17) is 4.99 Å². The fraction of sp³-hybridized carbons (Fsp3) is 0.467. The van der Waals surface area contributed by atoms with Gasteiger partial charge >= 0.3 is 0 Å². The average molecular weight is 490 g/mol. The summed E-state index contributed by atoms with van der Waals surface area (Å²) in [6.45, 7) is 11.6. The standard InChI is InChI=1S/C30H40FN5/c1-5-6-7-8-29(26-11-12-27(20-32)24(4)19-26)35-15-17-36(18-16-35)30(33-21-23(2)3)34-22-25-9-13-28(31)14-10-25/h9-15,17,19,23,29H,5-8,16,18,21-22H2,1-4H3,(H,33,34). The molecule has 0 aromatic heterocycles. The largest absolute Gasteiger partial charge is 0.367 e. The van der Waals surface area contributed by atoms with Gasteiger partial charge in [0.15, 0.2) is 5.96 Å². The van der Waals surface area contributed by atoms with Gasteiger partial charge in [0.25, 0.3) is 0 Å². The summed E-state index contributed by atoms with van der Waals surface area (Å²) in [5.74, 6) is 1.11. The Hall–Kier alpha value is -3.33. The molecule has 0 bridgehead atoms. The Kier molecular flexibility index (Phi) is 10.4. The molecule has 0 fully saturated rings. The van der Waals surface area contributed by atoms with Crippen molar-refractivity contribution in [3.8, 4) is 6.07 Å². The molecule has 1 N–H and O–H groups in total. The SMILES string of the molecule is CCCCCC(c1ccc(C#N)c(C)c1)N1C=CN(C(=NCc2ccc(F)cc2)NCC(C)C)CC1. The lowest BCUT2D eigenvalue weighted by molar-refractivity contribution is 0.227. The lowest BCUT2D eigenvalue weighted by Crippen LogP contribution is -2.45. The molecule has 1 aliphatic heterocycles. The van der Waals surface area contributed by atoms with E-state index in [0.717, 1.165) is 48.7 Å². The predicted molar refractivity (Wildman–Crippen MR) is 146 cm³/mol. The van der Waals surface area contributed by atoms with Gasteiger partial charge < -0.3 is 15.1 Å². The highest BCUT2D eigenvalue weighted by atomic mass is 19.1. The average Bonchev–Trinajstić information content (AvgIpc) is 2.88. The van der Waals surface area contributed by atoms with Crippen LogP contribution < -0.4 is 5.32 Å². The van der Waals surface area contributed by atoms with Gasteiger partial charge in [-0.15, -0.1) is 0 Å². The maximum absolute atomic E-state index is 13.3. The molecule has 3 rings (SSSR count). The quantitative estimate of drug-likeness (QED) is 0.235. The van der Waals surface area contributed by atoms with Crippen molar-refractivity contribution in [1.29, 1.82) is 5.26 Å². The first kappa shape index (κ1) is 27.3. The summed E-state index contributed by atoms with van der Waals surface area (Å²) in [6.07, 6.45) is 8.96. The van der Waals surface area contributed by atoms with E-state index in [-0.39, 0.29) is 11.9 Å². The van der Waals surface area contributed by atoms with Gasteiger partial charge in [-0.25, -0.2) is 9.38 Å². The molecule has 6 heteroatoms. The normalized spacial score (nSPS) is 14.8. The second kappa shape index (κ2) is 13.7. The molecule has 0 saturated carbocycles. The molecule has 36 heavy (non-hydrogen) atoms. The summed E-state index contributed by atoms with van der Waals surface area (Å²) < 4.78 is 13.3. The molecule has 0 radical (unpaired) electrons. The zero-order valence-electron chi connectivity index (χ0n) is 22.2. The molecular formula is C30H40FN5. The van der Waals surface area contributed by atoms with Crippen molar-refractivity contribution in [2.75, 3.05) is 19.6 Å². The molecule has 2 aromatic rings. The lowest BCUT2D eigenvalue weighted by Gasteiger charge is -2.37. The topological polar surface area (TPSA) is 54.7 Å². The van der Waals surface area contributed by atoms with E-state index in [9.17, 15) is 9.65 Å². The highest BCUT2D eigenvalue weighted by Crippen LogP contribution is 2.30. The van der Waals surface area contributed by atoms with Crippen molar-refractivity contribution in [2.24, 2.45) is 10.9 Å². The van der Waals surface area contributed by atoms with Gasteiger partial charge in [-0.3, -0.25) is 0 Å². The van der Waals surface area contributed by atoms with Crippen molar-refractivity contribution in [2.45, 2.75) is 66.0 Å². The van der Waals surface area contributed by atoms with Gasteiger partial charge in [-0.1, -0.05) is 64.3 Å². The zero-order chi connectivity index (χ0) is 25.9. The first-order valence-electron chi connectivity index (χ1n) is 13.1. The smallest absolute Gasteiger partial charge is 0.198 e. The number of aliphatic imine (C=N–C) groups is 1. The van der Waals surface area contributed by atoms with Crippen molar-refractivity contribution in [3.05, 3.63) is 82.9 Å². The fourth-order valence-electron chi connectivity index (χ4n) is 4.41. The van der Waals surface area contributed by atoms with Gasteiger partial charge in [0.05, 0.1) is 24.2 Å². The first-order valence-corrected chi connectivity index (χ1v) is 13.1. The molecule has 5 nitrogen and oxygen atoms in total. The third kappa shape index (κ3) is 7.84. The molecule has 0 amide bonds. The summed E-state index contributed by atoms with van der Waals surface area (Å²) in [5, 5.41) is 12.9. The maximum atomic E-state index is 13.3. The molecule has 192 valence electrons. The van der Waals surface area contributed by atoms with Crippen LogP contribution in [0.25, 0.3) is 0 Å². The summed E-state index contributed by atoms with van der Waals surface area (Å²) in [6, 6.07) is 15.3. The summed E-state index contributed by atoms with van der Waals surface area (Å²) in [7, 11) is 0. The fourth-order valence-corrected chi connectivity index (χ4v) is 4.41. The minimum Gasteiger partial charge on any atom is -0.367 e. The van der Waals surface area contributed by atoms with Crippen LogP contribution in [0.2, 0.25) is 0 Å². The zero-order valence-corrected chi connectivity index (χ0v) is 22.2. The molecule has 0 aliphatic carbocycles. The Bertz CT molecular complexity index is 1070. The van der Waals surface area contributed by atoms with Crippen LogP contribution in [0.15, 0.2) is 59.9 Å². The van der Waals surface area contributed by atoms with Crippen LogP contribution in [0.5, 0.6) is 0 Å². The van der Waals surface area contributed by atoms with Gasteiger partial charge in [0.1, 0.15) is 5.82 Å². The Morgan fingerprint density at radius 2 is 1.89 bits per heavy atom. The van der Waals surface area contributed by atoms with Gasteiger partial charge in [-0.2, -0.15) is 5.26 Å².